The zero-order chi connectivity index (χ0) is 21.4. The number of nitriles is 1. The maximum Gasteiger partial charge on any atom is 0.174 e. The van der Waals surface area contributed by atoms with E-state index in [9.17, 15) is 5.26 Å². The fourth-order valence-corrected chi connectivity index (χ4v) is 3.55. The molecule has 4 rings (SSSR count). The molecule has 1 aromatic carbocycles. The number of nitrogens with zero attached hydrogens (tertiary/aromatic N) is 6. The van der Waals surface area contributed by atoms with Crippen LogP contribution in [0.15, 0.2) is 36.8 Å². The van der Waals surface area contributed by atoms with E-state index in [2.05, 4.69) is 20.4 Å². The van der Waals surface area contributed by atoms with Crippen LogP contribution in [0, 0.1) is 18.3 Å². The Morgan fingerprint density at radius 1 is 1.23 bits per heavy atom. The number of anilines is 2. The molecule has 1 atom stereocenters. The molecule has 0 spiro atoms. The Labute approximate surface area is 182 Å². The van der Waals surface area contributed by atoms with Crippen LogP contribution in [0.3, 0.4) is 0 Å². The minimum absolute atomic E-state index is 0.108. The van der Waals surface area contributed by atoms with E-state index < -0.39 is 0 Å². The molecule has 0 fully saturated rings. The molecule has 0 aliphatic heterocycles. The lowest BCUT2D eigenvalue weighted by Crippen LogP contribution is -2.14. The fraction of sp³-hybridized carbons (Fsp3) is 0.150. The van der Waals surface area contributed by atoms with Gasteiger partial charge in [-0.05, 0) is 19.9 Å². The first kappa shape index (κ1) is 19.9. The SMILES string of the molecule is Cc1nn2cc([C@H](C)Nc3ncnc(N)c3C#N)c(-c3ccccc3Cl)nc2c1Cl. The van der Waals surface area contributed by atoms with Crippen molar-refractivity contribution in [3.8, 4) is 17.3 Å². The van der Waals surface area contributed by atoms with Crippen LogP contribution in [0.25, 0.3) is 16.9 Å². The van der Waals surface area contributed by atoms with E-state index in [0.29, 0.717) is 32.9 Å². The van der Waals surface area contributed by atoms with Crippen molar-refractivity contribution in [3.63, 3.8) is 0 Å². The number of fused-ring (bicyclic) bond motifs is 1. The zero-order valence-electron chi connectivity index (χ0n) is 16.1. The van der Waals surface area contributed by atoms with Gasteiger partial charge in [0.1, 0.15) is 34.6 Å². The minimum Gasteiger partial charge on any atom is -0.382 e. The Morgan fingerprint density at radius 3 is 2.73 bits per heavy atom. The van der Waals surface area contributed by atoms with Gasteiger partial charge < -0.3 is 11.1 Å². The topological polar surface area (TPSA) is 118 Å². The van der Waals surface area contributed by atoms with Crippen molar-refractivity contribution in [2.24, 2.45) is 0 Å². The standard InChI is InChI=1S/C20H16Cl2N8/c1-10(27-19-13(7-23)18(24)25-9-26-19)14-8-30-20(16(22)11(2)29-30)28-17(14)12-5-3-4-6-15(12)21/h3-6,8-10H,1-2H3,(H3,24,25,26,27)/t10-/m0/s1. The second kappa shape index (κ2) is 7.78. The van der Waals surface area contributed by atoms with Crippen LogP contribution < -0.4 is 11.1 Å². The average Bonchev–Trinajstić information content (AvgIpc) is 3.01. The Morgan fingerprint density at radius 2 is 2.00 bits per heavy atom. The van der Waals surface area contributed by atoms with Gasteiger partial charge in [-0.25, -0.2) is 19.5 Å². The number of aryl methyl sites for hydroxylation is 1. The maximum atomic E-state index is 9.42. The first-order valence-electron chi connectivity index (χ1n) is 8.98. The summed E-state index contributed by atoms with van der Waals surface area (Å²) in [7, 11) is 0. The van der Waals surface area contributed by atoms with Crippen molar-refractivity contribution in [3.05, 3.63) is 63.7 Å². The summed E-state index contributed by atoms with van der Waals surface area (Å²) >= 11 is 12.9. The predicted octanol–water partition coefficient (Wildman–Crippen LogP) is 4.43. The molecule has 0 unspecified atom stereocenters. The quantitative estimate of drug-likeness (QED) is 0.483. The van der Waals surface area contributed by atoms with Crippen molar-refractivity contribution < 1.29 is 0 Å². The largest absolute Gasteiger partial charge is 0.382 e. The molecule has 3 heterocycles. The van der Waals surface area contributed by atoms with Crippen LogP contribution in [-0.4, -0.2) is 24.6 Å². The fourth-order valence-electron chi connectivity index (χ4n) is 3.16. The molecule has 0 saturated carbocycles. The van der Waals surface area contributed by atoms with Gasteiger partial charge in [-0.2, -0.15) is 10.4 Å². The van der Waals surface area contributed by atoms with Crippen molar-refractivity contribution in [2.75, 3.05) is 11.1 Å². The lowest BCUT2D eigenvalue weighted by molar-refractivity contribution is 0.825. The highest BCUT2D eigenvalue weighted by molar-refractivity contribution is 6.34. The van der Waals surface area contributed by atoms with Crippen LogP contribution in [0.4, 0.5) is 11.6 Å². The zero-order valence-corrected chi connectivity index (χ0v) is 17.6. The van der Waals surface area contributed by atoms with Crippen molar-refractivity contribution in [1.82, 2.24) is 24.6 Å². The van der Waals surface area contributed by atoms with E-state index in [1.54, 1.807) is 10.6 Å². The smallest absolute Gasteiger partial charge is 0.174 e. The highest BCUT2D eigenvalue weighted by Gasteiger charge is 2.21. The lowest BCUT2D eigenvalue weighted by atomic mass is 10.0. The highest BCUT2D eigenvalue weighted by atomic mass is 35.5. The number of aromatic nitrogens is 5. The molecular weight excluding hydrogens is 423 g/mol. The summed E-state index contributed by atoms with van der Waals surface area (Å²) in [6, 6.07) is 9.13. The molecule has 3 aromatic heterocycles. The lowest BCUT2D eigenvalue weighted by Gasteiger charge is -2.19. The Kier molecular flexibility index (Phi) is 5.16. The Bertz CT molecular complexity index is 1310. The molecule has 30 heavy (non-hydrogen) atoms. The van der Waals surface area contributed by atoms with E-state index >= 15 is 0 Å². The number of nitrogens with two attached hydrogens (primary N) is 1. The third-order valence-electron chi connectivity index (χ3n) is 4.68. The Balaban J connectivity index is 1.89. The second-order valence-electron chi connectivity index (χ2n) is 6.65. The first-order valence-corrected chi connectivity index (χ1v) is 9.73. The summed E-state index contributed by atoms with van der Waals surface area (Å²) in [6.45, 7) is 3.73. The number of nitrogen functional groups attached to an aromatic ring is 1. The number of hydrogen-bond donors (Lipinski definition) is 2. The monoisotopic (exact) mass is 438 g/mol. The Hall–Kier alpha value is -3.41. The van der Waals surface area contributed by atoms with Crippen molar-refractivity contribution >= 4 is 40.5 Å². The summed E-state index contributed by atoms with van der Waals surface area (Å²) < 4.78 is 1.63. The van der Waals surface area contributed by atoms with E-state index in [4.69, 9.17) is 33.9 Å². The van der Waals surface area contributed by atoms with Gasteiger partial charge in [0.25, 0.3) is 0 Å². The van der Waals surface area contributed by atoms with Gasteiger partial charge in [0.2, 0.25) is 0 Å². The molecule has 3 N–H and O–H groups in total. The first-order chi connectivity index (χ1) is 14.4. The summed E-state index contributed by atoms with van der Waals surface area (Å²) in [5.41, 5.74) is 9.37. The summed E-state index contributed by atoms with van der Waals surface area (Å²) in [6.07, 6.45) is 3.15. The second-order valence-corrected chi connectivity index (χ2v) is 7.44. The molecule has 0 saturated heterocycles. The normalized spacial score (nSPS) is 12.0. The molecule has 10 heteroatoms. The molecule has 4 aromatic rings. The number of benzene rings is 1. The third kappa shape index (κ3) is 3.38. The molecule has 8 nitrogen and oxygen atoms in total. The maximum absolute atomic E-state index is 9.42. The predicted molar refractivity (Wildman–Crippen MR) is 116 cm³/mol. The molecule has 0 bridgehead atoms. The van der Waals surface area contributed by atoms with Crippen LogP contribution in [0.5, 0.6) is 0 Å². The van der Waals surface area contributed by atoms with Crippen LogP contribution in [-0.2, 0) is 0 Å². The van der Waals surface area contributed by atoms with E-state index in [1.165, 1.54) is 6.33 Å². The highest BCUT2D eigenvalue weighted by Crippen LogP contribution is 2.35. The van der Waals surface area contributed by atoms with Gasteiger partial charge in [0.15, 0.2) is 5.65 Å². The van der Waals surface area contributed by atoms with Crippen LogP contribution in [0.1, 0.15) is 29.8 Å². The van der Waals surface area contributed by atoms with Crippen LogP contribution >= 0.6 is 23.2 Å². The van der Waals surface area contributed by atoms with Gasteiger partial charge in [-0.3, -0.25) is 0 Å². The molecule has 150 valence electrons. The van der Waals surface area contributed by atoms with E-state index in [-0.39, 0.29) is 17.4 Å². The number of halogens is 2. The van der Waals surface area contributed by atoms with Gasteiger partial charge in [-0.1, -0.05) is 41.4 Å². The van der Waals surface area contributed by atoms with Gasteiger partial charge in [0.05, 0.1) is 17.4 Å². The number of hydrogen-bond acceptors (Lipinski definition) is 7. The molecule has 0 aliphatic rings. The number of rotatable bonds is 4. The van der Waals surface area contributed by atoms with Gasteiger partial charge in [-0.15, -0.1) is 0 Å². The molecule has 0 aliphatic carbocycles. The molecule has 0 amide bonds. The van der Waals surface area contributed by atoms with Crippen molar-refractivity contribution in [2.45, 2.75) is 19.9 Å². The third-order valence-corrected chi connectivity index (χ3v) is 5.45. The summed E-state index contributed by atoms with van der Waals surface area (Å²) in [5, 5.41) is 18.1. The van der Waals surface area contributed by atoms with E-state index in [1.807, 2.05) is 44.3 Å². The van der Waals surface area contributed by atoms with Crippen molar-refractivity contribution in [1.29, 1.82) is 5.26 Å². The molecular formula is C20H16Cl2N8. The molecule has 0 radical (unpaired) electrons. The minimum atomic E-state index is -0.321. The summed E-state index contributed by atoms with van der Waals surface area (Å²) in [4.78, 5) is 12.8. The average molecular weight is 439 g/mol. The summed E-state index contributed by atoms with van der Waals surface area (Å²) in [5.74, 6) is 0.439. The van der Waals surface area contributed by atoms with Crippen LogP contribution in [0.2, 0.25) is 10.0 Å². The van der Waals surface area contributed by atoms with Gasteiger partial charge in [0, 0.05) is 22.3 Å². The number of nitrogens with one attached hydrogen (secondary N) is 1. The van der Waals surface area contributed by atoms with Gasteiger partial charge >= 0.3 is 0 Å². The van der Waals surface area contributed by atoms with E-state index in [0.717, 1.165) is 11.1 Å².